The van der Waals surface area contributed by atoms with Gasteiger partial charge in [0.1, 0.15) is 0 Å². The van der Waals surface area contributed by atoms with Crippen molar-refractivity contribution in [2.45, 2.75) is 170 Å². The third-order valence-electron chi connectivity index (χ3n) is 17.4. The van der Waals surface area contributed by atoms with Gasteiger partial charge in [-0.15, -0.1) is 0 Å². The third kappa shape index (κ3) is 10.9. The summed E-state index contributed by atoms with van der Waals surface area (Å²) in [5, 5.41) is 0. The summed E-state index contributed by atoms with van der Waals surface area (Å²) in [6.07, 6.45) is 61.1. The Hall–Kier alpha value is -5.91. The van der Waals surface area contributed by atoms with Crippen LogP contribution in [0.2, 0.25) is 0 Å². The molecule has 3 fully saturated rings. The Kier molecular flexibility index (Phi) is 16.2. The van der Waals surface area contributed by atoms with Crippen LogP contribution in [0.5, 0.6) is 0 Å². The quantitative estimate of drug-likeness (QED) is 0.0936. The van der Waals surface area contributed by atoms with E-state index in [1.807, 2.05) is 0 Å². The van der Waals surface area contributed by atoms with Crippen LogP contribution in [-0.4, -0.2) is 32.0 Å². The maximum absolute atomic E-state index is 7.34. The number of aromatic nitrogens is 3. The van der Waals surface area contributed by atoms with Gasteiger partial charge in [-0.2, -0.15) is 0 Å². The number of fused-ring (bicyclic) bond motifs is 6. The lowest BCUT2D eigenvalue weighted by Crippen LogP contribution is -2.40. The first kappa shape index (κ1) is 52.5. The number of allylic oxidation sites excluding steroid dienone is 7. The van der Waals surface area contributed by atoms with Crippen molar-refractivity contribution in [2.75, 3.05) is 6.54 Å². The van der Waals surface area contributed by atoms with Crippen molar-refractivity contribution in [3.63, 3.8) is 0 Å². The average molecular weight is 999 g/mol. The van der Waals surface area contributed by atoms with Crippen LogP contribution >= 0.6 is 0 Å². The number of benzene rings is 1. The molecule has 0 spiro atoms. The van der Waals surface area contributed by atoms with Crippen LogP contribution in [0.15, 0.2) is 82.9 Å². The Morgan fingerprint density at radius 1 is 0.733 bits per heavy atom. The Morgan fingerprint density at radius 2 is 1.47 bits per heavy atom. The number of aliphatic imine (C=N–C) groups is 1. The summed E-state index contributed by atoms with van der Waals surface area (Å²) in [4.78, 5) is 5.17. The second kappa shape index (κ2) is 23.1. The number of nitrogens with two attached hydrogens (primary N) is 1. The van der Waals surface area contributed by atoms with Gasteiger partial charge >= 0.3 is 0 Å². The van der Waals surface area contributed by atoms with Gasteiger partial charge in [-0.05, 0) is 194 Å². The van der Waals surface area contributed by atoms with Gasteiger partial charge in [-0.25, -0.2) is 0 Å². The van der Waals surface area contributed by atoms with E-state index in [4.69, 9.17) is 10.7 Å². The third-order valence-corrected chi connectivity index (χ3v) is 17.4. The molecule has 3 heterocycles. The molecule has 1 aromatic carbocycles. The van der Waals surface area contributed by atoms with Gasteiger partial charge in [0.05, 0.1) is 45.5 Å². The van der Waals surface area contributed by atoms with E-state index in [0.29, 0.717) is 23.7 Å². The Balaban J connectivity index is 1.36. The average Bonchev–Trinajstić information content (AvgIpc) is 3.85. The van der Waals surface area contributed by atoms with Crippen molar-refractivity contribution >= 4 is 67.0 Å². The van der Waals surface area contributed by atoms with E-state index in [1.165, 1.54) is 107 Å². The van der Waals surface area contributed by atoms with Crippen LogP contribution in [0.25, 0.3) is 77.8 Å². The molecule has 5 heteroatoms. The zero-order valence-corrected chi connectivity index (χ0v) is 46.9. The molecule has 0 amide bonds. The number of hydrogen-bond acceptors (Lipinski definition) is 2. The normalized spacial score (nSPS) is 24.5. The number of hydrogen-bond donors (Lipinski definition) is 1. The van der Waals surface area contributed by atoms with Crippen LogP contribution in [0.1, 0.15) is 225 Å². The van der Waals surface area contributed by atoms with Crippen molar-refractivity contribution < 1.29 is 0 Å². The number of rotatable bonds is 15. The van der Waals surface area contributed by atoms with Gasteiger partial charge in [-0.3, -0.25) is 4.99 Å². The zero-order valence-electron chi connectivity index (χ0n) is 46.9. The fourth-order valence-corrected chi connectivity index (χ4v) is 13.2. The second-order valence-corrected chi connectivity index (χ2v) is 23.3. The molecule has 3 aromatic heterocycles. The van der Waals surface area contributed by atoms with Crippen LogP contribution in [0.3, 0.4) is 0 Å². The molecule has 4 atom stereocenters. The SMILES string of the molecule is C=Cc1c(C=C2CCCC2)c(/C=C/C)c(/C=C\C2CC2)n1-c1cc(-n2c3c(c4c2/C=C\C(C)CCCC(C)C4)C=C(CC)C(CC)C=C3)cc(-n2c(/C=C\C)c(C=NCCCC)c3c2/C=C\C2(N)CCC/C(=C/3)C2)c1. The predicted octanol–water partition coefficient (Wildman–Crippen LogP) is 18.9. The molecule has 75 heavy (non-hydrogen) atoms. The highest BCUT2D eigenvalue weighted by atomic mass is 15.1. The maximum atomic E-state index is 7.34. The molecule has 4 aromatic rings. The monoisotopic (exact) mass is 998 g/mol. The van der Waals surface area contributed by atoms with Gasteiger partial charge in [-0.1, -0.05) is 138 Å². The summed E-state index contributed by atoms with van der Waals surface area (Å²) in [6, 6.07) is 7.48. The second-order valence-electron chi connectivity index (χ2n) is 23.3. The van der Waals surface area contributed by atoms with Crippen molar-refractivity contribution in [1.82, 2.24) is 13.7 Å². The van der Waals surface area contributed by atoms with Crippen LogP contribution in [-0.2, 0) is 6.42 Å². The topological polar surface area (TPSA) is 53.2 Å². The lowest BCUT2D eigenvalue weighted by molar-refractivity contribution is 0.421. The van der Waals surface area contributed by atoms with Gasteiger partial charge in [0.25, 0.3) is 0 Å². The van der Waals surface area contributed by atoms with E-state index in [1.54, 1.807) is 5.57 Å². The number of nitrogens with zero attached hydrogens (tertiary/aromatic N) is 4. The van der Waals surface area contributed by atoms with E-state index >= 15 is 0 Å². The van der Waals surface area contributed by atoms with Crippen LogP contribution < -0.4 is 5.73 Å². The minimum Gasteiger partial charge on any atom is -0.322 e. The number of unbranched alkanes of at least 4 members (excludes halogenated alkanes) is 1. The zero-order chi connectivity index (χ0) is 52.2. The van der Waals surface area contributed by atoms with Crippen molar-refractivity contribution in [3.05, 3.63) is 145 Å². The van der Waals surface area contributed by atoms with Crippen molar-refractivity contribution in [2.24, 2.45) is 34.4 Å². The highest BCUT2D eigenvalue weighted by Crippen LogP contribution is 2.44. The fourth-order valence-electron chi connectivity index (χ4n) is 13.2. The fraction of sp³-hybridized carbons (Fsp3) is 0.443. The Labute approximate surface area is 451 Å². The summed E-state index contributed by atoms with van der Waals surface area (Å²) < 4.78 is 7.76. The summed E-state index contributed by atoms with van der Waals surface area (Å²) in [7, 11) is 0. The van der Waals surface area contributed by atoms with Crippen molar-refractivity contribution in [3.8, 4) is 17.1 Å². The first-order valence-electron chi connectivity index (χ1n) is 29.6. The molecule has 3 saturated carbocycles. The molecule has 392 valence electrons. The molecule has 6 aliphatic rings. The molecule has 5 nitrogen and oxygen atoms in total. The Morgan fingerprint density at radius 3 is 2.19 bits per heavy atom. The molecule has 0 aliphatic heterocycles. The minimum absolute atomic E-state index is 0.384. The molecular formula is C70H87N5. The van der Waals surface area contributed by atoms with Gasteiger partial charge < -0.3 is 19.4 Å². The van der Waals surface area contributed by atoms with Gasteiger partial charge in [0.15, 0.2) is 0 Å². The molecule has 2 bridgehead atoms. The Bertz CT molecular complexity index is 3100. The molecular weight excluding hydrogens is 911 g/mol. The molecule has 10 rings (SSSR count). The summed E-state index contributed by atoms with van der Waals surface area (Å²) in [6.45, 7) is 21.6. The van der Waals surface area contributed by atoms with Crippen molar-refractivity contribution in [1.29, 1.82) is 0 Å². The minimum atomic E-state index is -0.384. The largest absolute Gasteiger partial charge is 0.322 e. The first-order valence-corrected chi connectivity index (χ1v) is 29.6. The predicted molar refractivity (Wildman–Crippen MR) is 328 cm³/mol. The van der Waals surface area contributed by atoms with E-state index in [-0.39, 0.29) is 5.54 Å². The standard InChI is InChI=1S/C70H87N5/c1-9-15-38-72-47-63-61-41-52-26-19-36-70(71,46-52)37-35-69(61)74(65(63)21-11-3)56-43-55(73-64(14-6)60(40-51-24-16-17-25-51)58(20-10-2)66(73)33-30-50-28-29-50)44-57(45-56)75-67-32-27-48(7)22-18-23-49(8)39-59(67)62-42-54(13-5)53(12-4)31-34-68(62)75/h10-11,14,20-21,27,30-35,37,40-45,47-50,53H,6,9,12-13,15-19,22-26,28-29,36,38-39,46,71H2,1-5,7-8H3/b20-10+,21-11-,32-27-,33-30-,37-35-,52-41-,72-47?. The summed E-state index contributed by atoms with van der Waals surface area (Å²) in [5.41, 5.74) is 29.9. The highest BCUT2D eigenvalue weighted by Gasteiger charge is 2.32. The van der Waals surface area contributed by atoms with Gasteiger partial charge in [0.2, 0.25) is 0 Å². The lowest BCUT2D eigenvalue weighted by Gasteiger charge is -2.33. The first-order chi connectivity index (χ1) is 36.6. The summed E-state index contributed by atoms with van der Waals surface area (Å²) in [5.74, 6) is 2.07. The summed E-state index contributed by atoms with van der Waals surface area (Å²) >= 11 is 0. The molecule has 4 unspecified atom stereocenters. The highest BCUT2D eigenvalue weighted by molar-refractivity contribution is 5.95. The molecule has 6 aliphatic carbocycles. The van der Waals surface area contributed by atoms with E-state index in [9.17, 15) is 0 Å². The van der Waals surface area contributed by atoms with E-state index in [2.05, 4.69) is 190 Å². The van der Waals surface area contributed by atoms with Gasteiger partial charge in [0, 0.05) is 51.8 Å². The van der Waals surface area contributed by atoms with Crippen LogP contribution in [0, 0.1) is 23.7 Å². The van der Waals surface area contributed by atoms with Crippen LogP contribution in [0.4, 0.5) is 0 Å². The van der Waals surface area contributed by atoms with E-state index in [0.717, 1.165) is 111 Å². The molecule has 0 saturated heterocycles. The molecule has 2 N–H and O–H groups in total. The van der Waals surface area contributed by atoms with E-state index < -0.39 is 0 Å². The maximum Gasteiger partial charge on any atom is 0.0553 e. The molecule has 0 radical (unpaired) electrons. The smallest absolute Gasteiger partial charge is 0.0553 e. The lowest BCUT2D eigenvalue weighted by atomic mass is 9.77.